The first kappa shape index (κ1) is 17.7. The molecule has 0 saturated heterocycles. The number of sulfone groups is 1. The molecule has 1 rings (SSSR count). The molecule has 4 heteroatoms. The monoisotopic (exact) mass is 307 g/mol. The van der Waals surface area contributed by atoms with Gasteiger partial charge in [-0.3, -0.25) is 0 Å². The Labute approximate surface area is 128 Å². The number of hydrogen-bond donors (Lipinski definition) is 0. The van der Waals surface area contributed by atoms with Gasteiger partial charge in [-0.15, -0.1) is 0 Å². The van der Waals surface area contributed by atoms with Crippen molar-refractivity contribution in [3.63, 3.8) is 0 Å². The molecule has 0 aliphatic carbocycles. The lowest BCUT2D eigenvalue weighted by molar-refractivity contribution is 0.445. The Kier molecular flexibility index (Phi) is 5.22. The van der Waals surface area contributed by atoms with Crippen molar-refractivity contribution in [2.24, 2.45) is 5.41 Å². The van der Waals surface area contributed by atoms with Gasteiger partial charge in [-0.1, -0.05) is 32.9 Å². The molecule has 1 aromatic carbocycles. The van der Waals surface area contributed by atoms with Gasteiger partial charge in [-0.25, -0.2) is 8.42 Å². The second-order valence-electron chi connectivity index (χ2n) is 7.19. The SMILES string of the molecule is CC(C)(C#N)CCCS(=O)(=O)c1ccc(C(C)(C)C)cc1. The van der Waals surface area contributed by atoms with E-state index < -0.39 is 15.3 Å². The van der Waals surface area contributed by atoms with Crippen LogP contribution >= 0.6 is 0 Å². The van der Waals surface area contributed by atoms with Crippen molar-refractivity contribution in [2.45, 2.75) is 57.8 Å². The molecule has 3 nitrogen and oxygen atoms in total. The largest absolute Gasteiger partial charge is 0.224 e. The van der Waals surface area contributed by atoms with Crippen molar-refractivity contribution in [1.29, 1.82) is 5.26 Å². The molecule has 116 valence electrons. The predicted octanol–water partition coefficient (Wildman–Crippen LogP) is 4.09. The average Bonchev–Trinajstić information content (AvgIpc) is 2.37. The van der Waals surface area contributed by atoms with Crippen molar-refractivity contribution < 1.29 is 8.42 Å². The van der Waals surface area contributed by atoms with Gasteiger partial charge in [-0.2, -0.15) is 5.26 Å². The van der Waals surface area contributed by atoms with Gasteiger partial charge in [0.1, 0.15) is 0 Å². The third kappa shape index (κ3) is 5.17. The Morgan fingerprint density at radius 1 is 1.05 bits per heavy atom. The van der Waals surface area contributed by atoms with E-state index in [1.165, 1.54) is 0 Å². The minimum atomic E-state index is -3.26. The average molecular weight is 307 g/mol. The Balaban J connectivity index is 2.78. The third-order valence-corrected chi connectivity index (χ3v) is 5.41. The smallest absolute Gasteiger partial charge is 0.178 e. The number of rotatable bonds is 5. The number of benzene rings is 1. The molecule has 0 aliphatic rings. The zero-order valence-electron chi connectivity index (χ0n) is 13.6. The fourth-order valence-electron chi connectivity index (χ4n) is 2.04. The molecule has 0 bridgehead atoms. The molecule has 0 aliphatic heterocycles. The lowest BCUT2D eigenvalue weighted by Crippen LogP contribution is -2.14. The summed E-state index contributed by atoms with van der Waals surface area (Å²) in [6.45, 7) is 9.96. The zero-order chi connectivity index (χ0) is 16.3. The molecule has 0 atom stereocenters. The first-order valence-electron chi connectivity index (χ1n) is 7.22. The van der Waals surface area contributed by atoms with Gasteiger partial charge < -0.3 is 0 Å². The molecule has 0 fully saturated rings. The van der Waals surface area contributed by atoms with Crippen LogP contribution in [0.25, 0.3) is 0 Å². The fraction of sp³-hybridized carbons (Fsp3) is 0.588. The molecule has 1 aromatic rings. The normalized spacial score (nSPS) is 13.0. The summed E-state index contributed by atoms with van der Waals surface area (Å²) in [6, 6.07) is 9.33. The van der Waals surface area contributed by atoms with Gasteiger partial charge in [0.05, 0.1) is 22.1 Å². The quantitative estimate of drug-likeness (QED) is 0.823. The molecule has 0 saturated carbocycles. The van der Waals surface area contributed by atoms with E-state index in [0.717, 1.165) is 5.56 Å². The van der Waals surface area contributed by atoms with Crippen molar-refractivity contribution in [1.82, 2.24) is 0 Å². The maximum Gasteiger partial charge on any atom is 0.178 e. The topological polar surface area (TPSA) is 57.9 Å². The van der Waals surface area contributed by atoms with Crippen LogP contribution in [0.1, 0.15) is 53.0 Å². The molecule has 0 radical (unpaired) electrons. The van der Waals surface area contributed by atoms with E-state index in [1.807, 2.05) is 26.0 Å². The van der Waals surface area contributed by atoms with Crippen LogP contribution in [0.15, 0.2) is 29.2 Å². The second kappa shape index (κ2) is 6.19. The van der Waals surface area contributed by atoms with Crippen LogP contribution in [0, 0.1) is 16.7 Å². The van der Waals surface area contributed by atoms with Gasteiger partial charge >= 0.3 is 0 Å². The summed E-state index contributed by atoms with van der Waals surface area (Å²) >= 11 is 0. The van der Waals surface area contributed by atoms with Crippen LogP contribution in [-0.2, 0) is 15.3 Å². The van der Waals surface area contributed by atoms with Crippen molar-refractivity contribution in [3.05, 3.63) is 29.8 Å². The van der Waals surface area contributed by atoms with E-state index in [2.05, 4.69) is 26.8 Å². The van der Waals surface area contributed by atoms with Crippen molar-refractivity contribution >= 4 is 9.84 Å². The third-order valence-electron chi connectivity index (χ3n) is 3.60. The van der Waals surface area contributed by atoms with E-state index >= 15 is 0 Å². The summed E-state index contributed by atoms with van der Waals surface area (Å²) in [7, 11) is -3.26. The van der Waals surface area contributed by atoms with E-state index in [4.69, 9.17) is 5.26 Å². The lowest BCUT2D eigenvalue weighted by Gasteiger charge is -2.19. The van der Waals surface area contributed by atoms with E-state index in [9.17, 15) is 8.42 Å². The Morgan fingerprint density at radius 2 is 1.57 bits per heavy atom. The number of nitriles is 1. The van der Waals surface area contributed by atoms with Gasteiger partial charge in [0.2, 0.25) is 0 Å². The van der Waals surface area contributed by atoms with Crippen LogP contribution in [0.3, 0.4) is 0 Å². The summed E-state index contributed by atoms with van der Waals surface area (Å²) < 4.78 is 24.6. The molecule has 0 N–H and O–H groups in total. The van der Waals surface area contributed by atoms with E-state index in [0.29, 0.717) is 17.7 Å². The molecule has 0 unspecified atom stereocenters. The van der Waals surface area contributed by atoms with Crippen LogP contribution in [0.5, 0.6) is 0 Å². The van der Waals surface area contributed by atoms with Crippen molar-refractivity contribution in [3.8, 4) is 6.07 Å². The minimum absolute atomic E-state index is 0.0130. The molecule has 0 amide bonds. The summed E-state index contributed by atoms with van der Waals surface area (Å²) in [5.41, 5.74) is 0.664. The predicted molar refractivity (Wildman–Crippen MR) is 85.8 cm³/mol. The molecule has 0 aromatic heterocycles. The second-order valence-corrected chi connectivity index (χ2v) is 9.30. The fourth-order valence-corrected chi connectivity index (χ4v) is 3.35. The Morgan fingerprint density at radius 3 is 2.00 bits per heavy atom. The number of hydrogen-bond acceptors (Lipinski definition) is 3. The maximum atomic E-state index is 12.3. The molecule has 21 heavy (non-hydrogen) atoms. The highest BCUT2D eigenvalue weighted by Crippen LogP contribution is 2.25. The van der Waals surface area contributed by atoms with Gasteiger partial charge in [0.15, 0.2) is 9.84 Å². The molecule has 0 spiro atoms. The van der Waals surface area contributed by atoms with Crippen molar-refractivity contribution in [2.75, 3.05) is 5.75 Å². The first-order chi connectivity index (χ1) is 9.48. The first-order valence-corrected chi connectivity index (χ1v) is 8.88. The summed E-state index contributed by atoms with van der Waals surface area (Å²) in [5.74, 6) is 0.0903. The lowest BCUT2D eigenvalue weighted by atomic mass is 9.87. The van der Waals surface area contributed by atoms with Crippen LogP contribution < -0.4 is 0 Å². The zero-order valence-corrected chi connectivity index (χ0v) is 14.4. The van der Waals surface area contributed by atoms with Gasteiger partial charge in [0, 0.05) is 0 Å². The summed E-state index contributed by atoms with van der Waals surface area (Å²) in [6.07, 6.45) is 1.09. The molecular weight excluding hydrogens is 282 g/mol. The number of nitrogens with zero attached hydrogens (tertiary/aromatic N) is 1. The van der Waals surface area contributed by atoms with Gasteiger partial charge in [-0.05, 0) is 49.8 Å². The Hall–Kier alpha value is -1.34. The summed E-state index contributed by atoms with van der Waals surface area (Å²) in [4.78, 5) is 0.366. The van der Waals surface area contributed by atoms with Crippen LogP contribution in [0.4, 0.5) is 0 Å². The minimum Gasteiger partial charge on any atom is -0.224 e. The van der Waals surface area contributed by atoms with Gasteiger partial charge in [0.25, 0.3) is 0 Å². The van der Waals surface area contributed by atoms with E-state index in [1.54, 1.807) is 12.1 Å². The standard InChI is InChI=1S/C17H25NO2S/c1-16(2,3)14-7-9-15(10-8-14)21(19,20)12-6-11-17(4,5)13-18/h7-10H,6,11-12H2,1-5H3. The Bertz CT molecular complexity index is 614. The van der Waals surface area contributed by atoms with Crippen LogP contribution in [-0.4, -0.2) is 14.2 Å². The highest BCUT2D eigenvalue weighted by atomic mass is 32.2. The highest BCUT2D eigenvalue weighted by molar-refractivity contribution is 7.91. The maximum absolute atomic E-state index is 12.3. The molecular formula is C17H25NO2S. The summed E-state index contributed by atoms with van der Waals surface area (Å²) in [5, 5.41) is 8.95. The van der Waals surface area contributed by atoms with E-state index in [-0.39, 0.29) is 11.2 Å². The van der Waals surface area contributed by atoms with Crippen LogP contribution in [0.2, 0.25) is 0 Å². The molecule has 0 heterocycles. The highest BCUT2D eigenvalue weighted by Gasteiger charge is 2.21.